The lowest BCUT2D eigenvalue weighted by Crippen LogP contribution is -2.39. The molecule has 10 nitrogen and oxygen atoms in total. The first-order valence-electron chi connectivity index (χ1n) is 9.70. The molecule has 0 radical (unpaired) electrons. The summed E-state index contributed by atoms with van der Waals surface area (Å²) in [6.07, 6.45) is 0.510. The van der Waals surface area contributed by atoms with Crippen LogP contribution < -0.4 is 9.03 Å². The maximum Gasteiger partial charge on any atom is 0.264 e. The number of carbonyl (C=O) groups is 3. The number of rotatable bonds is 6. The highest BCUT2D eigenvalue weighted by Gasteiger charge is 2.35. The van der Waals surface area contributed by atoms with Crippen molar-refractivity contribution >= 4 is 43.5 Å². The summed E-state index contributed by atoms with van der Waals surface area (Å²) in [7, 11) is -7.52. The monoisotopic (exact) mass is 477 g/mol. The average molecular weight is 478 g/mol. The Morgan fingerprint density at radius 3 is 2.09 bits per heavy atom. The summed E-state index contributed by atoms with van der Waals surface area (Å²) in [5.41, 5.74) is 0.834. The minimum absolute atomic E-state index is 0.0228. The van der Waals surface area contributed by atoms with Gasteiger partial charge in [-0.3, -0.25) is 23.6 Å². The molecule has 0 spiro atoms. The van der Waals surface area contributed by atoms with E-state index in [4.69, 9.17) is 0 Å². The number of amides is 3. The van der Waals surface area contributed by atoms with Gasteiger partial charge < -0.3 is 0 Å². The molecule has 1 N–H and O–H groups in total. The van der Waals surface area contributed by atoms with E-state index < -0.39 is 50.1 Å². The van der Waals surface area contributed by atoms with Gasteiger partial charge in [0.1, 0.15) is 0 Å². The topological polar surface area (TPSA) is 138 Å². The molecule has 0 aromatic heterocycles. The van der Waals surface area contributed by atoms with Crippen LogP contribution >= 0.6 is 0 Å². The summed E-state index contributed by atoms with van der Waals surface area (Å²) >= 11 is 0. The van der Waals surface area contributed by atoms with E-state index in [0.29, 0.717) is 18.7 Å². The molecule has 2 aromatic carbocycles. The van der Waals surface area contributed by atoms with E-state index >= 15 is 0 Å². The maximum atomic E-state index is 12.4. The summed E-state index contributed by atoms with van der Waals surface area (Å²) in [4.78, 5) is 37.8. The Balaban J connectivity index is 1.39. The first kappa shape index (κ1) is 22.0. The van der Waals surface area contributed by atoms with Crippen LogP contribution in [0.2, 0.25) is 0 Å². The summed E-state index contributed by atoms with van der Waals surface area (Å²) in [6.45, 7) is -0.0548. The number of carbonyl (C=O) groups excluding carboxylic acids is 3. The molecule has 2 heterocycles. The van der Waals surface area contributed by atoms with E-state index in [9.17, 15) is 31.2 Å². The molecule has 0 bridgehead atoms. The number of fused-ring (bicyclic) bond motifs is 1. The molecule has 2 aliphatic rings. The Hall–Kier alpha value is -3.25. The van der Waals surface area contributed by atoms with Gasteiger partial charge in [-0.15, -0.1) is 0 Å². The van der Waals surface area contributed by atoms with Gasteiger partial charge in [0, 0.05) is 18.7 Å². The molecular formula is C20H19N3O7S2. The Labute approximate surface area is 184 Å². The molecular weight excluding hydrogens is 458 g/mol. The number of nitrogens with one attached hydrogen (secondary N) is 1. The van der Waals surface area contributed by atoms with Crippen molar-refractivity contribution in [1.82, 2.24) is 9.62 Å². The zero-order valence-corrected chi connectivity index (χ0v) is 18.4. The lowest BCUT2D eigenvalue weighted by molar-refractivity contribution is 0.0664. The van der Waals surface area contributed by atoms with Crippen molar-refractivity contribution in [3.63, 3.8) is 0 Å². The van der Waals surface area contributed by atoms with Crippen LogP contribution in [-0.2, 0) is 20.0 Å². The number of hydrogen-bond donors (Lipinski definition) is 1. The molecule has 0 unspecified atom stereocenters. The van der Waals surface area contributed by atoms with Crippen molar-refractivity contribution in [1.29, 1.82) is 0 Å². The molecule has 4 rings (SSSR count). The van der Waals surface area contributed by atoms with Crippen LogP contribution in [-0.4, -0.2) is 64.1 Å². The van der Waals surface area contributed by atoms with Crippen LogP contribution in [0, 0.1) is 0 Å². The Morgan fingerprint density at radius 1 is 0.969 bits per heavy atom. The predicted molar refractivity (Wildman–Crippen MR) is 115 cm³/mol. The van der Waals surface area contributed by atoms with Crippen molar-refractivity contribution in [2.45, 2.75) is 6.42 Å². The molecule has 1 saturated heterocycles. The molecule has 3 amide bonds. The largest absolute Gasteiger partial charge is 0.273 e. The van der Waals surface area contributed by atoms with Gasteiger partial charge in [0.05, 0.1) is 28.3 Å². The van der Waals surface area contributed by atoms with E-state index in [1.807, 2.05) is 4.72 Å². The number of hydrogen-bond acceptors (Lipinski definition) is 7. The third-order valence-electron chi connectivity index (χ3n) is 5.23. The molecule has 2 aromatic rings. The van der Waals surface area contributed by atoms with E-state index in [0.717, 1.165) is 4.90 Å². The first-order chi connectivity index (χ1) is 15.1. The Morgan fingerprint density at radius 2 is 1.56 bits per heavy atom. The van der Waals surface area contributed by atoms with Crippen molar-refractivity contribution in [3.8, 4) is 0 Å². The van der Waals surface area contributed by atoms with Crippen LogP contribution in [0.25, 0.3) is 0 Å². The minimum Gasteiger partial charge on any atom is -0.273 e. The lowest BCUT2D eigenvalue weighted by Gasteiger charge is -2.17. The molecule has 0 atom stereocenters. The fourth-order valence-electron chi connectivity index (χ4n) is 3.61. The number of benzene rings is 2. The highest BCUT2D eigenvalue weighted by Crippen LogP contribution is 2.24. The fourth-order valence-corrected chi connectivity index (χ4v) is 6.10. The smallest absolute Gasteiger partial charge is 0.264 e. The van der Waals surface area contributed by atoms with Gasteiger partial charge in [-0.1, -0.05) is 12.1 Å². The Bertz CT molecular complexity index is 1280. The molecule has 0 saturated carbocycles. The van der Waals surface area contributed by atoms with E-state index in [1.54, 1.807) is 12.1 Å². The van der Waals surface area contributed by atoms with E-state index in [-0.39, 0.29) is 22.4 Å². The van der Waals surface area contributed by atoms with Crippen molar-refractivity contribution < 1.29 is 31.2 Å². The van der Waals surface area contributed by atoms with E-state index in [2.05, 4.69) is 0 Å². The van der Waals surface area contributed by atoms with Crippen LogP contribution in [0.3, 0.4) is 0 Å². The highest BCUT2D eigenvalue weighted by atomic mass is 32.2. The second-order valence-corrected chi connectivity index (χ2v) is 11.2. The van der Waals surface area contributed by atoms with Gasteiger partial charge in [-0.2, -0.15) is 0 Å². The van der Waals surface area contributed by atoms with Crippen LogP contribution in [0.5, 0.6) is 0 Å². The van der Waals surface area contributed by atoms with Gasteiger partial charge in [0.25, 0.3) is 17.7 Å². The van der Waals surface area contributed by atoms with Crippen LogP contribution in [0.15, 0.2) is 48.5 Å². The second-order valence-electron chi connectivity index (χ2n) is 7.35. The molecule has 2 aliphatic heterocycles. The molecule has 168 valence electrons. The predicted octanol–water partition coefficient (Wildman–Crippen LogP) is 0.582. The van der Waals surface area contributed by atoms with Crippen LogP contribution in [0.4, 0.5) is 5.69 Å². The fraction of sp³-hybridized carbons (Fsp3) is 0.250. The number of sulfonamides is 2. The van der Waals surface area contributed by atoms with Crippen LogP contribution in [0.1, 0.15) is 37.5 Å². The van der Waals surface area contributed by atoms with Crippen molar-refractivity contribution in [3.05, 3.63) is 65.2 Å². The first-order valence-corrected chi connectivity index (χ1v) is 13.0. The summed E-state index contributed by atoms with van der Waals surface area (Å²) < 4.78 is 51.8. The van der Waals surface area contributed by atoms with Crippen molar-refractivity contribution in [2.75, 3.05) is 28.9 Å². The van der Waals surface area contributed by atoms with Gasteiger partial charge in [0.2, 0.25) is 20.0 Å². The standard InChI is InChI=1S/C20H19N3O7S2/c24-18(14-6-8-15(9-7-14)23-10-3-12-32(23,29)30)21-31(27,28)13-11-22-19(25)16-4-1-2-5-17(16)20(22)26/h1-2,4-9H,3,10-13H2,(H,21,24). The molecule has 32 heavy (non-hydrogen) atoms. The zero-order chi connectivity index (χ0) is 23.1. The third-order valence-corrected chi connectivity index (χ3v) is 8.31. The zero-order valence-electron chi connectivity index (χ0n) is 16.7. The second kappa shape index (κ2) is 8.02. The normalized spacial score (nSPS) is 17.5. The van der Waals surface area contributed by atoms with Gasteiger partial charge in [0.15, 0.2) is 0 Å². The number of anilines is 1. The third kappa shape index (κ3) is 4.10. The number of imide groups is 1. The van der Waals surface area contributed by atoms with E-state index in [1.165, 1.54) is 40.7 Å². The minimum atomic E-state index is -4.15. The maximum absolute atomic E-state index is 12.4. The van der Waals surface area contributed by atoms with Crippen molar-refractivity contribution in [2.24, 2.45) is 0 Å². The van der Waals surface area contributed by atoms with Gasteiger partial charge >= 0.3 is 0 Å². The number of nitrogens with zero attached hydrogens (tertiary/aromatic N) is 2. The molecule has 0 aliphatic carbocycles. The highest BCUT2D eigenvalue weighted by molar-refractivity contribution is 7.93. The average Bonchev–Trinajstić information content (AvgIpc) is 3.23. The van der Waals surface area contributed by atoms with Gasteiger partial charge in [-0.25, -0.2) is 21.6 Å². The summed E-state index contributed by atoms with van der Waals surface area (Å²) in [5, 5.41) is 0. The SMILES string of the molecule is O=C(NS(=O)(=O)CCN1C(=O)c2ccccc2C1=O)c1ccc(N2CCCS2(=O)=O)cc1. The Kier molecular flexibility index (Phi) is 5.51. The molecule has 12 heteroatoms. The van der Waals surface area contributed by atoms with Gasteiger partial charge in [-0.05, 0) is 42.8 Å². The quantitative estimate of drug-likeness (QED) is 0.601. The molecule has 1 fully saturated rings. The lowest BCUT2D eigenvalue weighted by atomic mass is 10.1. The summed E-state index contributed by atoms with van der Waals surface area (Å²) in [6, 6.07) is 11.7. The summed E-state index contributed by atoms with van der Waals surface area (Å²) in [5.74, 6) is -2.66.